The maximum atomic E-state index is 12.1. The quantitative estimate of drug-likeness (QED) is 0.386. The lowest BCUT2D eigenvalue weighted by molar-refractivity contribution is -0.725. The third kappa shape index (κ3) is 6.53. The lowest BCUT2D eigenvalue weighted by Gasteiger charge is -2.33. The van der Waals surface area contributed by atoms with Crippen molar-refractivity contribution in [2.45, 2.75) is 78.9 Å². The summed E-state index contributed by atoms with van der Waals surface area (Å²) in [6.45, 7) is 16.3. The zero-order chi connectivity index (χ0) is 17.5. The first-order valence-corrected chi connectivity index (χ1v) is 9.15. The van der Waals surface area contributed by atoms with Crippen LogP contribution in [0.1, 0.15) is 67.2 Å². The molecule has 6 nitrogen and oxygen atoms in total. The van der Waals surface area contributed by atoms with Crippen LogP contribution in [0.4, 0.5) is 0 Å². The van der Waals surface area contributed by atoms with E-state index in [9.17, 15) is 5.21 Å². The average molecular weight is 329 g/mol. The van der Waals surface area contributed by atoms with Crippen molar-refractivity contribution in [2.24, 2.45) is 11.2 Å². The van der Waals surface area contributed by atoms with Crippen molar-refractivity contribution in [1.29, 1.82) is 0 Å². The van der Waals surface area contributed by atoms with Gasteiger partial charge in [0.25, 0.3) is 0 Å². The highest BCUT2D eigenvalue weighted by molar-refractivity contribution is 4.74. The Balaban J connectivity index is 2.42. The predicted molar refractivity (Wildman–Crippen MR) is 92.8 cm³/mol. The molecule has 1 aliphatic rings. The summed E-state index contributed by atoms with van der Waals surface area (Å²) in [5, 5.41) is 17.5. The van der Waals surface area contributed by atoms with Crippen molar-refractivity contribution in [3.8, 4) is 0 Å². The summed E-state index contributed by atoms with van der Waals surface area (Å²) in [5.41, 5.74) is -0.262. The Morgan fingerprint density at radius 3 is 2.22 bits per heavy atom. The molecule has 1 fully saturated rings. The molecule has 0 atom stereocenters. The molecule has 0 aromatic rings. The monoisotopic (exact) mass is 328 g/mol. The van der Waals surface area contributed by atoms with E-state index in [1.165, 1.54) is 19.4 Å². The van der Waals surface area contributed by atoms with E-state index >= 15 is 0 Å². The molecule has 0 N–H and O–H groups in total. The van der Waals surface area contributed by atoms with E-state index in [-0.39, 0.29) is 11.6 Å². The Kier molecular flexibility index (Phi) is 8.09. The minimum atomic E-state index is -0.262. The molecule has 0 amide bonds. The normalized spacial score (nSPS) is 18.5. The van der Waals surface area contributed by atoms with Crippen LogP contribution in [-0.4, -0.2) is 52.7 Å². The molecule has 0 saturated carbocycles. The molecule has 6 heteroatoms. The van der Waals surface area contributed by atoms with Gasteiger partial charge >= 0.3 is 0 Å². The molecular weight excluding hydrogens is 292 g/mol. The van der Waals surface area contributed by atoms with Crippen LogP contribution in [0.2, 0.25) is 0 Å². The van der Waals surface area contributed by atoms with E-state index < -0.39 is 0 Å². The number of rotatable bonds is 8. The van der Waals surface area contributed by atoms with Crippen LogP contribution in [0.3, 0.4) is 0 Å². The van der Waals surface area contributed by atoms with E-state index in [1.807, 2.05) is 27.7 Å². The fourth-order valence-corrected chi connectivity index (χ4v) is 3.11. The van der Waals surface area contributed by atoms with Crippen LogP contribution in [0.5, 0.6) is 0 Å². The maximum Gasteiger partial charge on any atom is 0.233 e. The molecule has 136 valence electrons. The number of piperidine rings is 1. The van der Waals surface area contributed by atoms with E-state index in [4.69, 9.17) is 4.84 Å². The van der Waals surface area contributed by atoms with Crippen molar-refractivity contribution < 1.29 is 9.81 Å². The van der Waals surface area contributed by atoms with Crippen molar-refractivity contribution in [1.82, 2.24) is 9.91 Å². The Morgan fingerprint density at radius 1 is 1.22 bits per heavy atom. The minimum absolute atomic E-state index is 0.0584. The van der Waals surface area contributed by atoms with Gasteiger partial charge in [0, 0.05) is 19.6 Å². The zero-order valence-corrected chi connectivity index (χ0v) is 15.9. The summed E-state index contributed by atoms with van der Waals surface area (Å²) < 4.78 is 0. The summed E-state index contributed by atoms with van der Waals surface area (Å²) in [7, 11) is 0. The van der Waals surface area contributed by atoms with Crippen LogP contribution in [0.25, 0.3) is 0 Å². The molecule has 1 rings (SSSR count). The van der Waals surface area contributed by atoms with Crippen molar-refractivity contribution in [2.75, 3.05) is 26.2 Å². The Morgan fingerprint density at radius 2 is 1.78 bits per heavy atom. The molecule has 1 heterocycles. The zero-order valence-electron chi connectivity index (χ0n) is 15.9. The third-order valence-corrected chi connectivity index (χ3v) is 4.75. The van der Waals surface area contributed by atoms with E-state index in [1.54, 1.807) is 5.01 Å². The van der Waals surface area contributed by atoms with Gasteiger partial charge in [0.15, 0.2) is 0 Å². The summed E-state index contributed by atoms with van der Waals surface area (Å²) in [5.74, 6) is 0.791. The second-order valence-corrected chi connectivity index (χ2v) is 7.51. The highest BCUT2D eigenvalue weighted by Crippen LogP contribution is 2.18. The summed E-state index contributed by atoms with van der Waals surface area (Å²) in [4.78, 5) is 8.62. The van der Waals surface area contributed by atoms with Gasteiger partial charge in [-0.3, -0.25) is 0 Å². The lowest BCUT2D eigenvalue weighted by Crippen LogP contribution is -2.45. The molecule has 0 aromatic carbocycles. The van der Waals surface area contributed by atoms with E-state index in [2.05, 4.69) is 24.0 Å². The smallest absolute Gasteiger partial charge is 0.233 e. The number of nitrogens with zero attached hydrogens (tertiary/aromatic N) is 4. The molecular formula is C17H36N4O2. The van der Waals surface area contributed by atoms with Gasteiger partial charge in [0.1, 0.15) is 6.10 Å². The van der Waals surface area contributed by atoms with Gasteiger partial charge in [0.2, 0.25) is 5.28 Å². The van der Waals surface area contributed by atoms with Gasteiger partial charge in [0.05, 0.1) is 17.1 Å². The first kappa shape index (κ1) is 20.0. The molecule has 0 aliphatic carbocycles. The highest BCUT2D eigenvalue weighted by Gasteiger charge is 2.28. The van der Waals surface area contributed by atoms with Gasteiger partial charge in [-0.2, -0.15) is 0 Å². The molecule has 1 aliphatic heterocycles. The van der Waals surface area contributed by atoms with Gasteiger partial charge in [-0.1, -0.05) is 26.7 Å². The molecule has 0 radical (unpaired) electrons. The topological polar surface area (TPSA) is 54.1 Å². The van der Waals surface area contributed by atoms with Crippen LogP contribution in [0, 0.1) is 11.1 Å². The molecule has 0 spiro atoms. The highest BCUT2D eigenvalue weighted by atomic mass is 16.7. The van der Waals surface area contributed by atoms with E-state index in [0.717, 1.165) is 31.8 Å². The fourth-order valence-electron chi connectivity index (χ4n) is 3.11. The van der Waals surface area contributed by atoms with Crippen LogP contribution < -0.4 is 0 Å². The maximum absolute atomic E-state index is 12.1. The molecule has 0 aromatic heterocycles. The Labute approximate surface area is 142 Å². The first-order valence-electron chi connectivity index (χ1n) is 9.15. The molecule has 0 unspecified atom stereocenters. The largest absolute Gasteiger partial charge is 0.569 e. The summed E-state index contributed by atoms with van der Waals surface area (Å²) in [6.07, 6.45) is 4.43. The Bertz CT molecular complexity index is 356. The number of hydrogen-bond donors (Lipinski definition) is 0. The first-order chi connectivity index (χ1) is 10.8. The predicted octanol–water partition coefficient (Wildman–Crippen LogP) is 3.82. The van der Waals surface area contributed by atoms with Crippen molar-refractivity contribution in [3.05, 3.63) is 5.21 Å². The SMILES string of the molecule is CCC(CC)CN1CCC(O/N=[N+](\[O-])N(CC)C(C)(C)C)CC1. The lowest BCUT2D eigenvalue weighted by atomic mass is 10.0. The molecule has 0 bridgehead atoms. The van der Waals surface area contributed by atoms with Crippen LogP contribution in [0.15, 0.2) is 5.28 Å². The van der Waals surface area contributed by atoms with Gasteiger partial charge < -0.3 is 14.9 Å². The third-order valence-electron chi connectivity index (χ3n) is 4.75. The average Bonchev–Trinajstić information content (AvgIpc) is 2.51. The molecule has 23 heavy (non-hydrogen) atoms. The van der Waals surface area contributed by atoms with Crippen LogP contribution >= 0.6 is 0 Å². The number of hydrazine groups is 1. The Hall–Kier alpha value is -1.04. The number of hydrogen-bond acceptors (Lipinski definition) is 4. The fraction of sp³-hybridized carbons (Fsp3) is 1.00. The number of likely N-dealkylation sites (tertiary alicyclic amines) is 1. The van der Waals surface area contributed by atoms with E-state index in [0.29, 0.717) is 11.5 Å². The summed E-state index contributed by atoms with van der Waals surface area (Å²) >= 11 is 0. The summed E-state index contributed by atoms with van der Waals surface area (Å²) in [6, 6.07) is 0. The van der Waals surface area contributed by atoms with Gasteiger partial charge in [-0.05, 0) is 46.5 Å². The van der Waals surface area contributed by atoms with Crippen LogP contribution in [-0.2, 0) is 4.84 Å². The standard InChI is InChI=1S/C17H36N4O2/c1-7-15(8-2)14-19-12-10-16(11-13-19)23-18-21(22)20(9-3)17(4,5)6/h15-16H,7-14H2,1-6H3/b21-18-. The molecule has 1 saturated heterocycles. The minimum Gasteiger partial charge on any atom is -0.569 e. The van der Waals surface area contributed by atoms with Gasteiger partial charge in [-0.25, -0.2) is 0 Å². The second-order valence-electron chi connectivity index (χ2n) is 7.51. The second kappa shape index (κ2) is 9.30. The van der Waals surface area contributed by atoms with Crippen molar-refractivity contribution >= 4 is 0 Å². The van der Waals surface area contributed by atoms with Gasteiger partial charge in [-0.15, -0.1) is 5.01 Å². The van der Waals surface area contributed by atoms with Crippen molar-refractivity contribution in [3.63, 3.8) is 0 Å².